The van der Waals surface area contributed by atoms with Gasteiger partial charge < -0.3 is 4.74 Å². The lowest BCUT2D eigenvalue weighted by molar-refractivity contribution is 0.179. The number of carbonyl (C=O) groups is 1. The fourth-order valence-electron chi connectivity index (χ4n) is 1.16. The highest BCUT2D eigenvalue weighted by molar-refractivity contribution is 5.87. The maximum Gasteiger partial charge on any atom is 0.414 e. The molecule has 1 rings (SSSR count). The van der Waals surface area contributed by atoms with E-state index >= 15 is 0 Å². The highest BCUT2D eigenvalue weighted by Crippen LogP contribution is 2.14. The van der Waals surface area contributed by atoms with Crippen molar-refractivity contribution in [2.45, 2.75) is 0 Å². The van der Waals surface area contributed by atoms with Gasteiger partial charge in [-0.15, -0.1) is 0 Å². The molecule has 0 saturated heterocycles. The van der Waals surface area contributed by atoms with Crippen LogP contribution >= 0.6 is 0 Å². The summed E-state index contributed by atoms with van der Waals surface area (Å²) in [6.07, 6.45) is -1.85. The van der Waals surface area contributed by atoms with Gasteiger partial charge in [0.05, 0.1) is 13.7 Å². The number of hydrogen-bond donors (Lipinski definition) is 0. The Morgan fingerprint density at radius 3 is 2.50 bits per heavy atom. The Kier molecular flexibility index (Phi) is 4.44. The van der Waals surface area contributed by atoms with Crippen LogP contribution < -0.4 is 4.90 Å². The SMILES string of the molecule is COC(=O)N(CC=C(F)F)c1ccccc1. The van der Waals surface area contributed by atoms with Crippen LogP contribution in [-0.2, 0) is 4.74 Å². The van der Waals surface area contributed by atoms with Gasteiger partial charge >= 0.3 is 6.09 Å². The summed E-state index contributed by atoms with van der Waals surface area (Å²) in [7, 11) is 1.20. The Bertz CT molecular complexity index is 375. The monoisotopic (exact) mass is 227 g/mol. The standard InChI is InChI=1S/C11H11F2NO2/c1-16-11(15)14(8-7-10(12)13)9-5-3-2-4-6-9/h2-7H,8H2,1H3. The van der Waals surface area contributed by atoms with Crippen molar-refractivity contribution in [1.82, 2.24) is 0 Å². The molecule has 1 aromatic rings. The van der Waals surface area contributed by atoms with Gasteiger partial charge in [-0.05, 0) is 12.1 Å². The number of para-hydroxylation sites is 1. The summed E-state index contributed by atoms with van der Waals surface area (Å²) < 4.78 is 28.4. The summed E-state index contributed by atoms with van der Waals surface area (Å²) in [4.78, 5) is 12.5. The maximum atomic E-state index is 12.0. The van der Waals surface area contributed by atoms with Gasteiger partial charge in [-0.25, -0.2) is 4.79 Å². The first kappa shape index (κ1) is 12.2. The largest absolute Gasteiger partial charge is 0.452 e. The number of rotatable bonds is 3. The van der Waals surface area contributed by atoms with Crippen molar-refractivity contribution in [2.75, 3.05) is 18.6 Å². The summed E-state index contributed by atoms with van der Waals surface area (Å²) in [5.74, 6) is 0. The van der Waals surface area contributed by atoms with Crippen molar-refractivity contribution >= 4 is 11.8 Å². The van der Waals surface area contributed by atoms with E-state index in [2.05, 4.69) is 4.74 Å². The third-order valence-electron chi connectivity index (χ3n) is 1.89. The van der Waals surface area contributed by atoms with Crippen molar-refractivity contribution in [3.05, 3.63) is 42.5 Å². The van der Waals surface area contributed by atoms with Crippen LogP contribution in [-0.4, -0.2) is 19.7 Å². The Hall–Kier alpha value is -1.91. The van der Waals surface area contributed by atoms with Gasteiger partial charge in [0.1, 0.15) is 0 Å². The average Bonchev–Trinajstić information content (AvgIpc) is 2.30. The quantitative estimate of drug-likeness (QED) is 0.794. The van der Waals surface area contributed by atoms with Crippen LogP contribution in [0.15, 0.2) is 42.5 Å². The first-order chi connectivity index (χ1) is 7.65. The Morgan fingerprint density at radius 2 is 2.00 bits per heavy atom. The van der Waals surface area contributed by atoms with Crippen LogP contribution in [0.3, 0.4) is 0 Å². The van der Waals surface area contributed by atoms with E-state index in [4.69, 9.17) is 0 Å². The molecule has 86 valence electrons. The zero-order valence-corrected chi connectivity index (χ0v) is 8.69. The van der Waals surface area contributed by atoms with Crippen LogP contribution in [0.5, 0.6) is 0 Å². The lowest BCUT2D eigenvalue weighted by atomic mass is 10.3. The molecule has 0 saturated carbocycles. The van der Waals surface area contributed by atoms with Crippen molar-refractivity contribution < 1.29 is 18.3 Å². The molecular weight excluding hydrogens is 216 g/mol. The smallest absolute Gasteiger partial charge is 0.414 e. The van der Waals surface area contributed by atoms with E-state index in [9.17, 15) is 13.6 Å². The van der Waals surface area contributed by atoms with E-state index in [0.717, 1.165) is 4.90 Å². The maximum absolute atomic E-state index is 12.0. The minimum atomic E-state index is -1.83. The van der Waals surface area contributed by atoms with E-state index in [-0.39, 0.29) is 6.54 Å². The third-order valence-corrected chi connectivity index (χ3v) is 1.89. The number of benzene rings is 1. The first-order valence-electron chi connectivity index (χ1n) is 4.57. The highest BCUT2D eigenvalue weighted by atomic mass is 19.3. The Labute approximate surface area is 91.9 Å². The Balaban J connectivity index is 2.88. The summed E-state index contributed by atoms with van der Waals surface area (Å²) >= 11 is 0. The molecule has 5 heteroatoms. The number of amides is 1. The van der Waals surface area contributed by atoms with E-state index in [1.54, 1.807) is 30.3 Å². The van der Waals surface area contributed by atoms with E-state index < -0.39 is 12.2 Å². The van der Waals surface area contributed by atoms with Gasteiger partial charge in [-0.1, -0.05) is 18.2 Å². The number of carbonyl (C=O) groups excluding carboxylic acids is 1. The first-order valence-corrected chi connectivity index (χ1v) is 4.57. The number of halogens is 2. The molecule has 0 aliphatic heterocycles. The summed E-state index contributed by atoms with van der Waals surface area (Å²) in [5.41, 5.74) is 0.506. The number of anilines is 1. The lowest BCUT2D eigenvalue weighted by Gasteiger charge is -2.19. The van der Waals surface area contributed by atoms with Gasteiger partial charge in [0.2, 0.25) is 0 Å². The minimum Gasteiger partial charge on any atom is -0.452 e. The molecule has 0 fully saturated rings. The molecule has 0 aliphatic carbocycles. The fourth-order valence-corrected chi connectivity index (χ4v) is 1.16. The van der Waals surface area contributed by atoms with Crippen LogP contribution in [0.4, 0.5) is 19.3 Å². The molecular formula is C11H11F2NO2. The zero-order valence-electron chi connectivity index (χ0n) is 8.69. The van der Waals surface area contributed by atoms with E-state index in [0.29, 0.717) is 11.8 Å². The fraction of sp³-hybridized carbons (Fsp3) is 0.182. The molecule has 0 atom stereocenters. The van der Waals surface area contributed by atoms with Crippen molar-refractivity contribution in [3.8, 4) is 0 Å². The average molecular weight is 227 g/mol. The van der Waals surface area contributed by atoms with Crippen LogP contribution in [0.2, 0.25) is 0 Å². The third kappa shape index (κ3) is 3.34. The van der Waals surface area contributed by atoms with Gasteiger partial charge in [0.25, 0.3) is 6.08 Å². The molecule has 0 bridgehead atoms. The molecule has 0 unspecified atom stereocenters. The Morgan fingerprint density at radius 1 is 1.38 bits per heavy atom. The van der Waals surface area contributed by atoms with E-state index in [1.165, 1.54) is 7.11 Å². The topological polar surface area (TPSA) is 29.5 Å². The van der Waals surface area contributed by atoms with Gasteiger partial charge in [-0.3, -0.25) is 4.90 Å². The molecule has 0 aliphatic rings. The number of hydrogen-bond acceptors (Lipinski definition) is 2. The minimum absolute atomic E-state index is 0.223. The lowest BCUT2D eigenvalue weighted by Crippen LogP contribution is -2.30. The molecule has 1 amide bonds. The summed E-state index contributed by atoms with van der Waals surface area (Å²) in [5, 5.41) is 0. The van der Waals surface area contributed by atoms with Crippen LogP contribution in [0, 0.1) is 0 Å². The van der Waals surface area contributed by atoms with Crippen molar-refractivity contribution in [3.63, 3.8) is 0 Å². The number of ether oxygens (including phenoxy) is 1. The predicted octanol–water partition coefficient (Wildman–Crippen LogP) is 3.04. The van der Waals surface area contributed by atoms with E-state index in [1.807, 2.05) is 0 Å². The molecule has 3 nitrogen and oxygen atoms in total. The van der Waals surface area contributed by atoms with Gasteiger partial charge in [0, 0.05) is 11.8 Å². The van der Waals surface area contributed by atoms with Gasteiger partial charge in [0.15, 0.2) is 0 Å². The van der Waals surface area contributed by atoms with Crippen molar-refractivity contribution in [2.24, 2.45) is 0 Å². The van der Waals surface area contributed by atoms with Crippen molar-refractivity contribution in [1.29, 1.82) is 0 Å². The summed E-state index contributed by atoms with van der Waals surface area (Å²) in [6, 6.07) is 8.47. The molecule has 0 N–H and O–H groups in total. The normalized spacial score (nSPS) is 9.44. The number of nitrogens with zero attached hydrogens (tertiary/aromatic N) is 1. The zero-order chi connectivity index (χ0) is 12.0. The molecule has 0 spiro atoms. The van der Waals surface area contributed by atoms with Crippen LogP contribution in [0.25, 0.3) is 0 Å². The second-order valence-corrected chi connectivity index (χ2v) is 2.91. The second-order valence-electron chi connectivity index (χ2n) is 2.91. The second kappa shape index (κ2) is 5.85. The summed E-state index contributed by atoms with van der Waals surface area (Å²) in [6.45, 7) is -0.223. The molecule has 16 heavy (non-hydrogen) atoms. The predicted molar refractivity (Wildman–Crippen MR) is 56.5 cm³/mol. The number of methoxy groups -OCH3 is 1. The molecule has 0 radical (unpaired) electrons. The highest BCUT2D eigenvalue weighted by Gasteiger charge is 2.14. The van der Waals surface area contributed by atoms with Crippen LogP contribution in [0.1, 0.15) is 0 Å². The molecule has 1 aromatic carbocycles. The molecule has 0 heterocycles. The van der Waals surface area contributed by atoms with Gasteiger partial charge in [-0.2, -0.15) is 8.78 Å². The molecule has 0 aromatic heterocycles.